The maximum absolute atomic E-state index is 12.0. The van der Waals surface area contributed by atoms with Gasteiger partial charge in [0.2, 0.25) is 0 Å². The molecule has 0 radical (unpaired) electrons. The second kappa shape index (κ2) is 7.69. The molecule has 0 atom stereocenters. The molecule has 0 fully saturated rings. The van der Waals surface area contributed by atoms with E-state index in [4.69, 9.17) is 4.74 Å². The summed E-state index contributed by atoms with van der Waals surface area (Å²) in [6, 6.07) is 3.52. The van der Waals surface area contributed by atoms with E-state index < -0.39 is 17.8 Å². The predicted molar refractivity (Wildman–Crippen MR) is 89.8 cm³/mol. The van der Waals surface area contributed by atoms with E-state index in [1.807, 2.05) is 6.92 Å². The maximum Gasteiger partial charge on any atom is 0.341 e. The fourth-order valence-corrected chi connectivity index (χ4v) is 3.03. The Morgan fingerprint density at radius 2 is 2.00 bits per heavy atom. The van der Waals surface area contributed by atoms with Crippen LogP contribution in [0.15, 0.2) is 24.5 Å². The minimum Gasteiger partial charge on any atom is -0.465 e. The highest BCUT2D eigenvalue weighted by Crippen LogP contribution is 2.32. The van der Waals surface area contributed by atoms with Crippen LogP contribution in [0.2, 0.25) is 0 Å². The average molecular weight is 347 g/mol. The number of anilines is 1. The number of thiophene rings is 1. The number of aryl methyl sites for hydroxylation is 1. The van der Waals surface area contributed by atoms with E-state index in [1.165, 1.54) is 18.4 Å². The number of methoxy groups -OCH3 is 1. The largest absolute Gasteiger partial charge is 0.465 e. The molecule has 0 aromatic carbocycles. The summed E-state index contributed by atoms with van der Waals surface area (Å²) < 4.78 is 4.73. The number of nitrogens with zero attached hydrogens (tertiary/aromatic N) is 1. The average Bonchev–Trinajstić information content (AvgIpc) is 2.86. The molecule has 2 aromatic heterocycles. The van der Waals surface area contributed by atoms with E-state index >= 15 is 0 Å². The fraction of sp³-hybridized carbons (Fsp3) is 0.250. The number of pyridine rings is 1. The van der Waals surface area contributed by atoms with Crippen molar-refractivity contribution in [3.63, 3.8) is 0 Å². The molecule has 0 aliphatic rings. The lowest BCUT2D eigenvalue weighted by Crippen LogP contribution is -2.35. The molecule has 7 nitrogen and oxygen atoms in total. The third kappa shape index (κ3) is 3.96. The normalized spacial score (nSPS) is 10.1. The number of hydrogen-bond acceptors (Lipinski definition) is 6. The summed E-state index contributed by atoms with van der Waals surface area (Å²) in [4.78, 5) is 40.6. The smallest absolute Gasteiger partial charge is 0.341 e. The molecule has 126 valence electrons. The van der Waals surface area contributed by atoms with E-state index in [-0.39, 0.29) is 12.1 Å². The molecule has 0 bridgehead atoms. The highest BCUT2D eigenvalue weighted by molar-refractivity contribution is 7.17. The Balaban J connectivity index is 2.05. The van der Waals surface area contributed by atoms with Gasteiger partial charge in [-0.1, -0.05) is 6.07 Å². The molecule has 2 amide bonds. The van der Waals surface area contributed by atoms with Gasteiger partial charge in [0.1, 0.15) is 5.00 Å². The second-order valence-electron chi connectivity index (χ2n) is 4.98. The first-order chi connectivity index (χ1) is 11.4. The molecule has 2 heterocycles. The van der Waals surface area contributed by atoms with Crippen molar-refractivity contribution in [2.45, 2.75) is 20.4 Å². The van der Waals surface area contributed by atoms with E-state index in [2.05, 4.69) is 15.6 Å². The van der Waals surface area contributed by atoms with Gasteiger partial charge in [0.25, 0.3) is 0 Å². The Morgan fingerprint density at radius 1 is 1.25 bits per heavy atom. The van der Waals surface area contributed by atoms with Gasteiger partial charge >= 0.3 is 17.8 Å². The summed E-state index contributed by atoms with van der Waals surface area (Å²) in [5.41, 5.74) is 1.77. The zero-order valence-corrected chi connectivity index (χ0v) is 14.3. The van der Waals surface area contributed by atoms with Crippen molar-refractivity contribution in [3.8, 4) is 0 Å². The van der Waals surface area contributed by atoms with Gasteiger partial charge in [-0.05, 0) is 31.0 Å². The maximum atomic E-state index is 12.0. The number of amides is 2. The van der Waals surface area contributed by atoms with Crippen molar-refractivity contribution in [2.75, 3.05) is 12.4 Å². The van der Waals surface area contributed by atoms with Crippen molar-refractivity contribution in [2.24, 2.45) is 0 Å². The molecule has 8 heteroatoms. The van der Waals surface area contributed by atoms with E-state index in [9.17, 15) is 14.4 Å². The molecule has 2 aromatic rings. The topological polar surface area (TPSA) is 97.4 Å². The summed E-state index contributed by atoms with van der Waals surface area (Å²) in [6.07, 6.45) is 3.22. The van der Waals surface area contributed by atoms with Crippen LogP contribution in [-0.2, 0) is 20.9 Å². The van der Waals surface area contributed by atoms with Crippen LogP contribution in [0.3, 0.4) is 0 Å². The van der Waals surface area contributed by atoms with Crippen molar-refractivity contribution in [3.05, 3.63) is 46.1 Å². The highest BCUT2D eigenvalue weighted by atomic mass is 32.1. The lowest BCUT2D eigenvalue weighted by molar-refractivity contribution is -0.136. The van der Waals surface area contributed by atoms with Crippen molar-refractivity contribution >= 4 is 34.1 Å². The molecular formula is C16H17N3O4S. The Labute approximate surface area is 143 Å². The quantitative estimate of drug-likeness (QED) is 0.649. The van der Waals surface area contributed by atoms with Crippen LogP contribution in [-0.4, -0.2) is 29.9 Å². The Morgan fingerprint density at radius 3 is 2.62 bits per heavy atom. The van der Waals surface area contributed by atoms with Gasteiger partial charge in [-0.25, -0.2) is 4.79 Å². The zero-order valence-electron chi connectivity index (χ0n) is 13.5. The summed E-state index contributed by atoms with van der Waals surface area (Å²) >= 11 is 1.22. The predicted octanol–water partition coefficient (Wildman–Crippen LogP) is 1.80. The molecular weight excluding hydrogens is 330 g/mol. The van der Waals surface area contributed by atoms with Crippen molar-refractivity contribution in [1.82, 2.24) is 10.3 Å². The number of aromatic nitrogens is 1. The molecule has 24 heavy (non-hydrogen) atoms. The van der Waals surface area contributed by atoms with Crippen molar-refractivity contribution < 1.29 is 19.1 Å². The van der Waals surface area contributed by atoms with E-state index in [1.54, 1.807) is 31.5 Å². The Hall–Kier alpha value is -2.74. The van der Waals surface area contributed by atoms with Crippen LogP contribution < -0.4 is 10.6 Å². The minimum absolute atomic E-state index is 0.187. The zero-order chi connectivity index (χ0) is 17.7. The van der Waals surface area contributed by atoms with Gasteiger partial charge in [-0.3, -0.25) is 14.6 Å². The first-order valence-corrected chi connectivity index (χ1v) is 7.92. The van der Waals surface area contributed by atoms with Gasteiger partial charge < -0.3 is 15.4 Å². The second-order valence-corrected chi connectivity index (χ2v) is 6.20. The minimum atomic E-state index is -0.842. The summed E-state index contributed by atoms with van der Waals surface area (Å²) in [6.45, 7) is 3.77. The molecule has 2 N–H and O–H groups in total. The molecule has 0 aliphatic carbocycles. The van der Waals surface area contributed by atoms with Crippen LogP contribution in [0.4, 0.5) is 5.00 Å². The number of ether oxygens (including phenoxy) is 1. The van der Waals surface area contributed by atoms with Crippen LogP contribution in [0.5, 0.6) is 0 Å². The molecule has 0 aliphatic heterocycles. The van der Waals surface area contributed by atoms with Crippen LogP contribution in [0.1, 0.15) is 26.4 Å². The lowest BCUT2D eigenvalue weighted by Gasteiger charge is -2.07. The lowest BCUT2D eigenvalue weighted by atomic mass is 10.1. The number of rotatable bonds is 4. The molecule has 0 spiro atoms. The van der Waals surface area contributed by atoms with Crippen molar-refractivity contribution in [1.29, 1.82) is 0 Å². The van der Waals surface area contributed by atoms with E-state index in [0.717, 1.165) is 16.0 Å². The monoisotopic (exact) mass is 347 g/mol. The number of carbonyl (C=O) groups is 3. The molecule has 2 rings (SSSR count). The van der Waals surface area contributed by atoms with Gasteiger partial charge in [0.05, 0.1) is 12.7 Å². The first-order valence-electron chi connectivity index (χ1n) is 7.10. The molecule has 0 saturated carbocycles. The highest BCUT2D eigenvalue weighted by Gasteiger charge is 2.23. The van der Waals surface area contributed by atoms with Gasteiger partial charge in [0.15, 0.2) is 0 Å². The van der Waals surface area contributed by atoms with Crippen LogP contribution >= 0.6 is 11.3 Å². The summed E-state index contributed by atoms with van der Waals surface area (Å²) in [7, 11) is 1.26. The third-order valence-corrected chi connectivity index (χ3v) is 4.51. The summed E-state index contributed by atoms with van der Waals surface area (Å²) in [5.74, 6) is -2.19. The third-order valence-electron chi connectivity index (χ3n) is 3.38. The first kappa shape index (κ1) is 17.6. The number of carbonyl (C=O) groups excluding carboxylic acids is 3. The van der Waals surface area contributed by atoms with Crippen LogP contribution in [0, 0.1) is 13.8 Å². The number of nitrogens with one attached hydrogen (secondary N) is 2. The Kier molecular flexibility index (Phi) is 5.64. The van der Waals surface area contributed by atoms with E-state index in [0.29, 0.717) is 5.00 Å². The van der Waals surface area contributed by atoms with Gasteiger partial charge in [-0.2, -0.15) is 0 Å². The SMILES string of the molecule is COC(=O)c1c(NC(=O)C(=O)NCc2cccnc2)sc(C)c1C. The molecule has 0 saturated heterocycles. The fourth-order valence-electron chi connectivity index (χ4n) is 1.99. The number of esters is 1. The molecule has 0 unspecified atom stereocenters. The Bertz CT molecular complexity index is 771. The standard InChI is InChI=1S/C16H17N3O4S/c1-9-10(2)24-15(12(9)16(22)23-3)19-14(21)13(20)18-8-11-5-4-6-17-7-11/h4-7H,8H2,1-3H3,(H,18,20)(H,19,21). The van der Waals surface area contributed by atoms with Crippen LogP contribution in [0.25, 0.3) is 0 Å². The van der Waals surface area contributed by atoms with Gasteiger partial charge in [-0.15, -0.1) is 11.3 Å². The summed E-state index contributed by atoms with van der Waals surface area (Å²) in [5, 5.41) is 5.28. The number of hydrogen-bond donors (Lipinski definition) is 2. The van der Waals surface area contributed by atoms with Gasteiger partial charge in [0, 0.05) is 23.8 Å².